The fourth-order valence-corrected chi connectivity index (χ4v) is 3.44. The highest BCUT2D eigenvalue weighted by Gasteiger charge is 2.34. The topological polar surface area (TPSA) is 12.0 Å². The van der Waals surface area contributed by atoms with Gasteiger partial charge in [0.05, 0.1) is 0 Å². The minimum absolute atomic E-state index is 0.00324. The molecule has 0 aliphatic heterocycles. The lowest BCUT2D eigenvalue weighted by Crippen LogP contribution is -2.40. The van der Waals surface area contributed by atoms with Gasteiger partial charge in [-0.15, -0.1) is 0 Å². The molecule has 0 amide bonds. The van der Waals surface area contributed by atoms with Gasteiger partial charge in [0.1, 0.15) is 5.82 Å². The molecule has 2 rings (SSSR count). The van der Waals surface area contributed by atoms with Crippen LogP contribution in [0.4, 0.5) is 4.39 Å². The molecule has 0 radical (unpaired) electrons. The summed E-state index contributed by atoms with van der Waals surface area (Å²) in [4.78, 5) is 0. The summed E-state index contributed by atoms with van der Waals surface area (Å²) < 4.78 is 14.3. The van der Waals surface area contributed by atoms with Gasteiger partial charge in [-0.1, -0.05) is 57.7 Å². The zero-order chi connectivity index (χ0) is 14.4. The van der Waals surface area contributed by atoms with Crippen LogP contribution in [0.15, 0.2) is 24.3 Å². The van der Waals surface area contributed by atoms with Crippen LogP contribution in [0.5, 0.6) is 0 Å². The third-order valence-electron chi connectivity index (χ3n) is 4.52. The van der Waals surface area contributed by atoms with Gasteiger partial charge < -0.3 is 5.32 Å². The summed E-state index contributed by atoms with van der Waals surface area (Å²) in [7, 11) is 0. The zero-order valence-corrected chi connectivity index (χ0v) is 12.9. The standard InChI is InChI=1S/C18H28FN/c1-15(2)13-20-14-18(11-7-3-4-8-12-18)16-9-5-6-10-17(16)19/h5-6,9-10,15,20H,3-4,7-8,11-14H2,1-2H3. The Morgan fingerprint density at radius 1 is 1.10 bits per heavy atom. The van der Waals surface area contributed by atoms with Gasteiger partial charge in [0.15, 0.2) is 0 Å². The van der Waals surface area contributed by atoms with E-state index in [0.29, 0.717) is 5.92 Å². The van der Waals surface area contributed by atoms with Crippen molar-refractivity contribution in [1.29, 1.82) is 0 Å². The Labute approximate surface area is 123 Å². The first-order valence-electron chi connectivity index (χ1n) is 8.10. The number of rotatable bonds is 5. The van der Waals surface area contributed by atoms with Crippen molar-refractivity contribution in [3.63, 3.8) is 0 Å². The van der Waals surface area contributed by atoms with Crippen molar-refractivity contribution < 1.29 is 4.39 Å². The van der Waals surface area contributed by atoms with Crippen LogP contribution in [0.25, 0.3) is 0 Å². The summed E-state index contributed by atoms with van der Waals surface area (Å²) >= 11 is 0. The second-order valence-electron chi connectivity index (χ2n) is 6.70. The largest absolute Gasteiger partial charge is 0.316 e. The Balaban J connectivity index is 2.21. The monoisotopic (exact) mass is 277 g/mol. The summed E-state index contributed by atoms with van der Waals surface area (Å²) in [5.41, 5.74) is 0.926. The molecule has 0 bridgehead atoms. The number of halogens is 1. The van der Waals surface area contributed by atoms with E-state index in [-0.39, 0.29) is 11.2 Å². The normalized spacial score (nSPS) is 19.0. The van der Waals surface area contributed by atoms with Gasteiger partial charge in [-0.05, 0) is 36.9 Å². The first-order valence-corrected chi connectivity index (χ1v) is 8.10. The van der Waals surface area contributed by atoms with Gasteiger partial charge in [-0.25, -0.2) is 4.39 Å². The second kappa shape index (κ2) is 7.21. The highest BCUT2D eigenvalue weighted by Crippen LogP contribution is 2.39. The molecule has 1 aromatic carbocycles. The average Bonchev–Trinajstić information content (AvgIpc) is 2.65. The Bertz CT molecular complexity index is 406. The van der Waals surface area contributed by atoms with E-state index in [2.05, 4.69) is 19.2 Å². The van der Waals surface area contributed by atoms with E-state index in [0.717, 1.165) is 31.5 Å². The third-order valence-corrected chi connectivity index (χ3v) is 4.52. The molecule has 1 saturated carbocycles. The smallest absolute Gasteiger partial charge is 0.127 e. The number of benzene rings is 1. The van der Waals surface area contributed by atoms with Crippen molar-refractivity contribution in [3.05, 3.63) is 35.6 Å². The second-order valence-corrected chi connectivity index (χ2v) is 6.70. The molecule has 1 N–H and O–H groups in total. The predicted octanol–water partition coefficient (Wildman–Crippen LogP) is 4.66. The van der Waals surface area contributed by atoms with Crippen molar-refractivity contribution in [1.82, 2.24) is 5.32 Å². The van der Waals surface area contributed by atoms with Crippen LogP contribution in [0.1, 0.15) is 57.9 Å². The van der Waals surface area contributed by atoms with Crippen molar-refractivity contribution in [3.8, 4) is 0 Å². The van der Waals surface area contributed by atoms with Gasteiger partial charge in [-0.2, -0.15) is 0 Å². The summed E-state index contributed by atoms with van der Waals surface area (Å²) in [5, 5.41) is 3.58. The van der Waals surface area contributed by atoms with E-state index in [1.807, 2.05) is 12.1 Å². The maximum Gasteiger partial charge on any atom is 0.127 e. The summed E-state index contributed by atoms with van der Waals surface area (Å²) in [6.45, 7) is 6.36. The minimum Gasteiger partial charge on any atom is -0.316 e. The SMILES string of the molecule is CC(C)CNCC1(c2ccccc2F)CCCCCC1. The quantitative estimate of drug-likeness (QED) is 0.772. The Kier molecular flexibility index (Phi) is 5.59. The Morgan fingerprint density at radius 3 is 2.35 bits per heavy atom. The van der Waals surface area contributed by atoms with Gasteiger partial charge in [0, 0.05) is 12.0 Å². The molecular formula is C18H28FN. The van der Waals surface area contributed by atoms with Crippen LogP contribution in [0.3, 0.4) is 0 Å². The van der Waals surface area contributed by atoms with Crippen molar-refractivity contribution in [2.45, 2.75) is 57.8 Å². The van der Waals surface area contributed by atoms with Gasteiger partial charge in [-0.3, -0.25) is 0 Å². The van der Waals surface area contributed by atoms with E-state index < -0.39 is 0 Å². The van der Waals surface area contributed by atoms with E-state index >= 15 is 0 Å². The predicted molar refractivity (Wildman–Crippen MR) is 83.5 cm³/mol. The summed E-state index contributed by atoms with van der Waals surface area (Å²) in [6.07, 6.45) is 7.24. The fourth-order valence-electron chi connectivity index (χ4n) is 3.44. The zero-order valence-electron chi connectivity index (χ0n) is 12.9. The van der Waals surface area contributed by atoms with Crippen LogP contribution in [0.2, 0.25) is 0 Å². The van der Waals surface area contributed by atoms with Gasteiger partial charge in [0.2, 0.25) is 0 Å². The van der Waals surface area contributed by atoms with Crippen molar-refractivity contribution >= 4 is 0 Å². The first-order chi connectivity index (χ1) is 9.64. The van der Waals surface area contributed by atoms with E-state index in [9.17, 15) is 4.39 Å². The number of nitrogens with one attached hydrogen (secondary N) is 1. The van der Waals surface area contributed by atoms with E-state index in [4.69, 9.17) is 0 Å². The molecule has 2 heteroatoms. The van der Waals surface area contributed by atoms with Crippen LogP contribution in [-0.2, 0) is 5.41 Å². The molecule has 1 aliphatic carbocycles. The molecule has 1 aromatic rings. The molecule has 0 saturated heterocycles. The highest BCUT2D eigenvalue weighted by atomic mass is 19.1. The summed E-state index contributed by atoms with van der Waals surface area (Å²) in [5.74, 6) is 0.610. The molecule has 20 heavy (non-hydrogen) atoms. The molecule has 0 aromatic heterocycles. The lowest BCUT2D eigenvalue weighted by molar-refractivity contribution is 0.328. The number of hydrogen-bond donors (Lipinski definition) is 1. The molecule has 0 heterocycles. The third kappa shape index (κ3) is 3.82. The molecule has 0 unspecified atom stereocenters. The average molecular weight is 277 g/mol. The maximum absolute atomic E-state index is 14.3. The minimum atomic E-state index is -0.0271. The van der Waals surface area contributed by atoms with E-state index in [1.54, 1.807) is 12.1 Å². The molecule has 0 atom stereocenters. The Morgan fingerprint density at radius 2 is 1.75 bits per heavy atom. The van der Waals surface area contributed by atoms with Crippen LogP contribution < -0.4 is 5.32 Å². The first kappa shape index (κ1) is 15.5. The molecule has 1 nitrogen and oxygen atoms in total. The van der Waals surface area contributed by atoms with Crippen LogP contribution in [0, 0.1) is 11.7 Å². The molecule has 1 aliphatic rings. The number of hydrogen-bond acceptors (Lipinski definition) is 1. The molecule has 112 valence electrons. The van der Waals surface area contributed by atoms with Crippen LogP contribution in [-0.4, -0.2) is 13.1 Å². The van der Waals surface area contributed by atoms with Gasteiger partial charge in [0.25, 0.3) is 0 Å². The van der Waals surface area contributed by atoms with Gasteiger partial charge >= 0.3 is 0 Å². The van der Waals surface area contributed by atoms with E-state index in [1.165, 1.54) is 25.7 Å². The Hall–Kier alpha value is -0.890. The molecule has 1 fully saturated rings. The van der Waals surface area contributed by atoms with Crippen molar-refractivity contribution in [2.75, 3.05) is 13.1 Å². The van der Waals surface area contributed by atoms with Crippen molar-refractivity contribution in [2.24, 2.45) is 5.92 Å². The highest BCUT2D eigenvalue weighted by molar-refractivity contribution is 5.28. The maximum atomic E-state index is 14.3. The summed E-state index contributed by atoms with van der Waals surface area (Å²) in [6, 6.07) is 7.39. The fraction of sp³-hybridized carbons (Fsp3) is 0.667. The lowest BCUT2D eigenvalue weighted by Gasteiger charge is -2.34. The lowest BCUT2D eigenvalue weighted by atomic mass is 9.74. The molecule has 0 spiro atoms. The molecular weight excluding hydrogens is 249 g/mol. The van der Waals surface area contributed by atoms with Crippen LogP contribution >= 0.6 is 0 Å².